The molecule has 174 valence electrons. The summed E-state index contributed by atoms with van der Waals surface area (Å²) in [5.74, 6) is 0.0234. The second-order valence-corrected chi connectivity index (χ2v) is 10.6. The number of piperidine rings is 1. The van der Waals surface area contributed by atoms with E-state index in [0.29, 0.717) is 18.0 Å². The lowest BCUT2D eigenvalue weighted by Crippen LogP contribution is -2.50. The van der Waals surface area contributed by atoms with Gasteiger partial charge in [-0.3, -0.25) is 4.79 Å². The fourth-order valence-corrected chi connectivity index (χ4v) is 6.46. The maximum absolute atomic E-state index is 12.9. The highest BCUT2D eigenvalue weighted by Gasteiger charge is 2.42. The van der Waals surface area contributed by atoms with E-state index < -0.39 is 12.2 Å². The second-order valence-electron chi connectivity index (χ2n) is 10.6. The number of fused-ring (bicyclic) bond motifs is 2. The lowest BCUT2D eigenvalue weighted by molar-refractivity contribution is -0.160. The predicted octanol–water partition coefficient (Wildman–Crippen LogP) is 4.81. The molecule has 1 N–H and O–H groups in total. The van der Waals surface area contributed by atoms with E-state index in [4.69, 9.17) is 4.74 Å². The van der Waals surface area contributed by atoms with E-state index in [2.05, 4.69) is 40.9 Å². The van der Waals surface area contributed by atoms with Gasteiger partial charge in [-0.05, 0) is 63.8 Å². The van der Waals surface area contributed by atoms with E-state index >= 15 is 0 Å². The van der Waals surface area contributed by atoms with E-state index in [9.17, 15) is 9.90 Å². The normalized spacial score (nSPS) is 28.7. The number of benzene rings is 1. The number of hydrogen-bond acceptors (Lipinski definition) is 4. The Kier molecular flexibility index (Phi) is 6.06. The Bertz CT molecular complexity index is 973. The van der Waals surface area contributed by atoms with Crippen LogP contribution in [0.4, 0.5) is 0 Å². The van der Waals surface area contributed by atoms with Gasteiger partial charge in [0.05, 0.1) is 12.0 Å². The monoisotopic (exact) mass is 438 g/mol. The number of hydrogen-bond donors (Lipinski definition) is 1. The predicted molar refractivity (Wildman–Crippen MR) is 127 cm³/mol. The van der Waals surface area contributed by atoms with E-state index in [0.717, 1.165) is 19.4 Å². The van der Waals surface area contributed by atoms with Crippen LogP contribution in [0.25, 0.3) is 10.9 Å². The minimum Gasteiger partial charge on any atom is -0.460 e. The first kappa shape index (κ1) is 22.0. The van der Waals surface area contributed by atoms with Gasteiger partial charge in [0.15, 0.2) is 0 Å². The zero-order valence-corrected chi connectivity index (χ0v) is 19.8. The molecule has 0 bridgehead atoms. The van der Waals surface area contributed by atoms with Gasteiger partial charge in [0, 0.05) is 41.6 Å². The van der Waals surface area contributed by atoms with Crippen molar-refractivity contribution in [1.29, 1.82) is 0 Å². The first-order valence-electron chi connectivity index (χ1n) is 12.6. The third kappa shape index (κ3) is 3.88. The molecule has 32 heavy (non-hydrogen) atoms. The van der Waals surface area contributed by atoms with Crippen LogP contribution >= 0.6 is 0 Å². The molecule has 3 aliphatic rings. The summed E-state index contributed by atoms with van der Waals surface area (Å²) in [5, 5.41) is 11.2. The van der Waals surface area contributed by atoms with Crippen molar-refractivity contribution >= 4 is 16.9 Å². The van der Waals surface area contributed by atoms with Crippen molar-refractivity contribution in [3.8, 4) is 0 Å². The SMILES string of the molecule is CC(O)C(C)OC(=O)C1CC2c3cccc4c3c(cn4C3CCCCCC3)CC2N(C)C1. The number of likely N-dealkylation sites (N-methyl/N-ethyl adjacent to an activating group) is 1. The number of carbonyl (C=O) groups is 1. The summed E-state index contributed by atoms with van der Waals surface area (Å²) in [7, 11) is 2.16. The molecule has 0 amide bonds. The molecule has 1 saturated heterocycles. The Morgan fingerprint density at radius 1 is 1.16 bits per heavy atom. The van der Waals surface area contributed by atoms with Crippen LogP contribution in [0.1, 0.15) is 81.9 Å². The topological polar surface area (TPSA) is 54.7 Å². The molecule has 5 nitrogen and oxygen atoms in total. The van der Waals surface area contributed by atoms with Gasteiger partial charge in [0.1, 0.15) is 6.10 Å². The summed E-state index contributed by atoms with van der Waals surface area (Å²) in [5.41, 5.74) is 4.28. The number of esters is 1. The third-order valence-electron chi connectivity index (χ3n) is 8.41. The summed E-state index contributed by atoms with van der Waals surface area (Å²) in [6, 6.07) is 7.85. The third-order valence-corrected chi connectivity index (χ3v) is 8.41. The summed E-state index contributed by atoms with van der Waals surface area (Å²) in [4.78, 5) is 15.3. The quantitative estimate of drug-likeness (QED) is 0.550. The molecule has 5 heteroatoms. The Morgan fingerprint density at radius 3 is 2.62 bits per heavy atom. The van der Waals surface area contributed by atoms with Gasteiger partial charge in [0.2, 0.25) is 0 Å². The van der Waals surface area contributed by atoms with Crippen molar-refractivity contribution in [1.82, 2.24) is 9.47 Å². The number of aliphatic hydroxyl groups is 1. The van der Waals surface area contributed by atoms with Crippen LogP contribution in [0.5, 0.6) is 0 Å². The first-order chi connectivity index (χ1) is 15.4. The molecule has 1 saturated carbocycles. The molecule has 5 rings (SSSR count). The molecule has 1 aromatic heterocycles. The zero-order chi connectivity index (χ0) is 22.4. The largest absolute Gasteiger partial charge is 0.460 e. The van der Waals surface area contributed by atoms with Crippen molar-refractivity contribution in [3.63, 3.8) is 0 Å². The fourth-order valence-electron chi connectivity index (χ4n) is 6.46. The van der Waals surface area contributed by atoms with Crippen LogP contribution in [0.2, 0.25) is 0 Å². The molecular weight excluding hydrogens is 400 g/mol. The van der Waals surface area contributed by atoms with Crippen molar-refractivity contribution < 1.29 is 14.6 Å². The van der Waals surface area contributed by atoms with Crippen molar-refractivity contribution in [3.05, 3.63) is 35.5 Å². The van der Waals surface area contributed by atoms with Crippen LogP contribution in [-0.2, 0) is 16.0 Å². The maximum atomic E-state index is 12.9. The molecule has 2 fully saturated rings. The summed E-state index contributed by atoms with van der Waals surface area (Å²) in [6.45, 7) is 4.16. The highest BCUT2D eigenvalue weighted by atomic mass is 16.6. The minimum absolute atomic E-state index is 0.150. The van der Waals surface area contributed by atoms with Gasteiger partial charge in [-0.25, -0.2) is 0 Å². The highest BCUT2D eigenvalue weighted by molar-refractivity contribution is 5.89. The molecule has 2 heterocycles. The minimum atomic E-state index is -0.650. The zero-order valence-electron chi connectivity index (χ0n) is 19.8. The smallest absolute Gasteiger partial charge is 0.310 e. The average Bonchev–Trinajstić information content (AvgIpc) is 2.95. The molecular formula is C27H38N2O3. The first-order valence-corrected chi connectivity index (χ1v) is 12.6. The van der Waals surface area contributed by atoms with E-state index in [-0.39, 0.29) is 11.9 Å². The van der Waals surface area contributed by atoms with Gasteiger partial charge in [-0.1, -0.05) is 37.8 Å². The van der Waals surface area contributed by atoms with Gasteiger partial charge < -0.3 is 19.3 Å². The highest BCUT2D eigenvalue weighted by Crippen LogP contribution is 2.46. The maximum Gasteiger partial charge on any atom is 0.310 e. The van der Waals surface area contributed by atoms with Gasteiger partial charge in [0.25, 0.3) is 0 Å². The van der Waals surface area contributed by atoms with Gasteiger partial charge in [-0.2, -0.15) is 0 Å². The number of carbonyl (C=O) groups excluding carboxylic acids is 1. The summed E-state index contributed by atoms with van der Waals surface area (Å²) in [6.07, 6.45) is 11.2. The van der Waals surface area contributed by atoms with Gasteiger partial charge in [-0.15, -0.1) is 0 Å². The fraction of sp³-hybridized carbons (Fsp3) is 0.667. The van der Waals surface area contributed by atoms with Crippen molar-refractivity contribution in [2.45, 2.75) is 95.4 Å². The number of likely N-dealkylation sites (tertiary alicyclic amines) is 1. The molecule has 1 aliphatic heterocycles. The summed E-state index contributed by atoms with van der Waals surface area (Å²) < 4.78 is 8.19. The van der Waals surface area contributed by atoms with Crippen LogP contribution in [-0.4, -0.2) is 52.4 Å². The number of rotatable bonds is 4. The molecule has 2 aliphatic carbocycles. The molecule has 5 unspecified atom stereocenters. The molecule has 5 atom stereocenters. The lowest BCUT2D eigenvalue weighted by Gasteiger charge is -2.45. The van der Waals surface area contributed by atoms with Crippen LogP contribution in [0.3, 0.4) is 0 Å². The van der Waals surface area contributed by atoms with E-state index in [1.54, 1.807) is 13.8 Å². The van der Waals surface area contributed by atoms with E-state index in [1.165, 1.54) is 60.6 Å². The summed E-state index contributed by atoms with van der Waals surface area (Å²) >= 11 is 0. The van der Waals surface area contributed by atoms with Crippen LogP contribution < -0.4 is 0 Å². The Labute approximate surface area is 191 Å². The van der Waals surface area contributed by atoms with Gasteiger partial charge >= 0.3 is 5.97 Å². The molecule has 1 aromatic carbocycles. The van der Waals surface area contributed by atoms with Crippen molar-refractivity contribution in [2.24, 2.45) is 5.92 Å². The number of aliphatic hydroxyl groups excluding tert-OH is 1. The van der Waals surface area contributed by atoms with Crippen molar-refractivity contribution in [2.75, 3.05) is 13.6 Å². The average molecular weight is 439 g/mol. The van der Waals surface area contributed by atoms with Crippen LogP contribution in [0.15, 0.2) is 24.4 Å². The Balaban J connectivity index is 1.46. The molecule has 0 radical (unpaired) electrons. The Hall–Kier alpha value is -1.85. The number of ether oxygens (including phenoxy) is 1. The van der Waals surface area contributed by atoms with E-state index in [1.807, 2.05) is 0 Å². The lowest BCUT2D eigenvalue weighted by atomic mass is 9.72. The van der Waals surface area contributed by atoms with Crippen LogP contribution in [0, 0.1) is 5.92 Å². The Morgan fingerprint density at radius 2 is 1.91 bits per heavy atom. The standard InChI is InChI=1S/C27H38N2O3/c1-17(30)18(2)32-27(31)20-13-23-22-11-8-12-24-26(22)19(14-25(23)28(3)15-20)16-29(24)21-9-6-4-5-7-10-21/h8,11-12,16-18,20-21,23,25,30H,4-7,9-10,13-15H2,1-3H3. The molecule has 0 spiro atoms. The second kappa shape index (κ2) is 8.83. The number of nitrogens with zero attached hydrogens (tertiary/aromatic N) is 2. The molecule has 2 aromatic rings. The number of aromatic nitrogens is 1.